The lowest BCUT2D eigenvalue weighted by molar-refractivity contribution is 0.0501. The zero-order valence-corrected chi connectivity index (χ0v) is 12.0. The highest BCUT2D eigenvalue weighted by Gasteiger charge is 2.11. The van der Waals surface area contributed by atoms with Crippen molar-refractivity contribution in [3.63, 3.8) is 0 Å². The third-order valence-corrected chi connectivity index (χ3v) is 2.96. The number of nitrogen functional groups attached to an aromatic ring is 1. The van der Waals surface area contributed by atoms with Gasteiger partial charge in [-0.15, -0.1) is 0 Å². The Hall–Kier alpha value is -1.26. The molecule has 0 atom stereocenters. The lowest BCUT2D eigenvalue weighted by Crippen LogP contribution is -2.18. The highest BCUT2D eigenvalue weighted by Crippen LogP contribution is 2.19. The summed E-state index contributed by atoms with van der Waals surface area (Å²) in [7, 11) is 0. The Morgan fingerprint density at radius 1 is 1.37 bits per heavy atom. The van der Waals surface area contributed by atoms with Crippen LogP contribution in [-0.2, 0) is 4.74 Å². The Balaban J connectivity index is 2.24. The predicted molar refractivity (Wildman–Crippen MR) is 78.5 cm³/mol. The van der Waals surface area contributed by atoms with E-state index in [4.69, 9.17) is 22.1 Å². The van der Waals surface area contributed by atoms with Gasteiger partial charge in [0.25, 0.3) is 0 Å². The molecule has 0 aliphatic rings. The normalized spacial score (nSPS) is 10.4. The molecule has 0 saturated carbocycles. The quantitative estimate of drug-likeness (QED) is 0.438. The van der Waals surface area contributed by atoms with Gasteiger partial charge in [-0.05, 0) is 44.1 Å². The number of carbonyl (C=O) groups excluding carboxylic acids is 1. The molecule has 0 amide bonds. The van der Waals surface area contributed by atoms with Crippen molar-refractivity contribution in [2.24, 2.45) is 0 Å². The zero-order chi connectivity index (χ0) is 14.1. The van der Waals surface area contributed by atoms with Gasteiger partial charge in [0.1, 0.15) is 0 Å². The van der Waals surface area contributed by atoms with Crippen LogP contribution in [0, 0.1) is 0 Å². The number of nitrogens with two attached hydrogens (primary N) is 1. The first kappa shape index (κ1) is 15.8. The maximum absolute atomic E-state index is 11.7. The highest BCUT2D eigenvalue weighted by atomic mass is 35.5. The second kappa shape index (κ2) is 8.77. The molecule has 0 aliphatic carbocycles. The molecule has 19 heavy (non-hydrogen) atoms. The van der Waals surface area contributed by atoms with Crippen molar-refractivity contribution in [2.75, 3.05) is 25.4 Å². The van der Waals surface area contributed by atoms with Crippen LogP contribution in [0.5, 0.6) is 0 Å². The number of hydrogen-bond acceptors (Lipinski definition) is 4. The van der Waals surface area contributed by atoms with E-state index in [0.717, 1.165) is 19.5 Å². The standard InChI is InChI=1S/C14H21ClN2O2/c1-2-3-7-17-8-4-9-19-14(18)12-6-5-11(16)10-13(12)15/h5-6,10,17H,2-4,7-9,16H2,1H3. The lowest BCUT2D eigenvalue weighted by Gasteiger charge is -2.07. The molecule has 0 fully saturated rings. The molecule has 0 aromatic heterocycles. The SMILES string of the molecule is CCCCNCCCOC(=O)c1ccc(N)cc1Cl. The van der Waals surface area contributed by atoms with E-state index in [-0.39, 0.29) is 0 Å². The molecule has 0 saturated heterocycles. The van der Waals surface area contributed by atoms with Crippen LogP contribution in [0.1, 0.15) is 36.5 Å². The number of ether oxygens (including phenoxy) is 1. The topological polar surface area (TPSA) is 64.3 Å². The van der Waals surface area contributed by atoms with Crippen LogP contribution in [0.15, 0.2) is 18.2 Å². The molecular weight excluding hydrogens is 264 g/mol. The molecule has 106 valence electrons. The average molecular weight is 285 g/mol. The van der Waals surface area contributed by atoms with Gasteiger partial charge in [0, 0.05) is 5.69 Å². The third-order valence-electron chi connectivity index (χ3n) is 2.65. The van der Waals surface area contributed by atoms with E-state index in [1.54, 1.807) is 18.2 Å². The molecule has 0 bridgehead atoms. The molecule has 0 heterocycles. The van der Waals surface area contributed by atoms with Crippen LogP contribution in [0.2, 0.25) is 5.02 Å². The van der Waals surface area contributed by atoms with Crippen molar-refractivity contribution in [2.45, 2.75) is 26.2 Å². The summed E-state index contributed by atoms with van der Waals surface area (Å²) in [4.78, 5) is 11.7. The minimum Gasteiger partial charge on any atom is -0.462 e. The molecule has 5 heteroatoms. The molecule has 0 spiro atoms. The number of hydrogen-bond donors (Lipinski definition) is 2. The Labute approximate surface area is 119 Å². The summed E-state index contributed by atoms with van der Waals surface area (Å²) in [6, 6.07) is 4.76. The first-order valence-corrected chi connectivity index (χ1v) is 6.95. The molecule has 0 radical (unpaired) electrons. The first-order valence-electron chi connectivity index (χ1n) is 6.58. The maximum Gasteiger partial charge on any atom is 0.339 e. The van der Waals surface area contributed by atoms with Crippen LogP contribution in [0.25, 0.3) is 0 Å². The van der Waals surface area contributed by atoms with Gasteiger partial charge < -0.3 is 15.8 Å². The summed E-state index contributed by atoms with van der Waals surface area (Å²) >= 11 is 5.93. The van der Waals surface area contributed by atoms with Gasteiger partial charge in [0.05, 0.1) is 17.2 Å². The summed E-state index contributed by atoms with van der Waals surface area (Å²) in [6.07, 6.45) is 3.14. The predicted octanol–water partition coefficient (Wildman–Crippen LogP) is 2.86. The molecule has 1 aromatic carbocycles. The largest absolute Gasteiger partial charge is 0.462 e. The summed E-state index contributed by atoms with van der Waals surface area (Å²) < 4.78 is 5.15. The van der Waals surface area contributed by atoms with Gasteiger partial charge in [0.2, 0.25) is 0 Å². The van der Waals surface area contributed by atoms with Crippen LogP contribution in [-0.4, -0.2) is 25.7 Å². The number of halogens is 1. The molecule has 4 nitrogen and oxygen atoms in total. The van der Waals surface area contributed by atoms with Gasteiger partial charge in [-0.3, -0.25) is 0 Å². The number of unbranched alkanes of at least 4 members (excludes halogenated alkanes) is 1. The van der Waals surface area contributed by atoms with Crippen molar-refractivity contribution in [3.05, 3.63) is 28.8 Å². The third kappa shape index (κ3) is 5.94. The van der Waals surface area contributed by atoms with E-state index < -0.39 is 5.97 Å². The first-order chi connectivity index (χ1) is 9.15. The van der Waals surface area contributed by atoms with E-state index >= 15 is 0 Å². The van der Waals surface area contributed by atoms with Gasteiger partial charge in [0.15, 0.2) is 0 Å². The average Bonchev–Trinajstić information content (AvgIpc) is 2.37. The Morgan fingerprint density at radius 2 is 2.11 bits per heavy atom. The fraction of sp³-hybridized carbons (Fsp3) is 0.500. The Kier molecular flexibility index (Phi) is 7.30. The van der Waals surface area contributed by atoms with Crippen LogP contribution in [0.4, 0.5) is 5.69 Å². The summed E-state index contributed by atoms with van der Waals surface area (Å²) in [5, 5.41) is 3.61. The molecular formula is C14H21ClN2O2. The van der Waals surface area contributed by atoms with E-state index in [0.29, 0.717) is 22.9 Å². The highest BCUT2D eigenvalue weighted by molar-refractivity contribution is 6.33. The van der Waals surface area contributed by atoms with E-state index in [1.807, 2.05) is 0 Å². The van der Waals surface area contributed by atoms with E-state index in [2.05, 4.69) is 12.2 Å². The van der Waals surface area contributed by atoms with Crippen molar-refractivity contribution in [3.8, 4) is 0 Å². The van der Waals surface area contributed by atoms with Crippen molar-refractivity contribution < 1.29 is 9.53 Å². The number of benzene rings is 1. The summed E-state index contributed by atoms with van der Waals surface area (Å²) in [5.41, 5.74) is 6.45. The van der Waals surface area contributed by atoms with E-state index in [9.17, 15) is 4.79 Å². The smallest absolute Gasteiger partial charge is 0.339 e. The number of nitrogens with one attached hydrogen (secondary N) is 1. The van der Waals surface area contributed by atoms with Crippen LogP contribution < -0.4 is 11.1 Å². The minimum absolute atomic E-state index is 0.325. The molecule has 3 N–H and O–H groups in total. The Morgan fingerprint density at radius 3 is 2.79 bits per heavy atom. The van der Waals surface area contributed by atoms with Crippen LogP contribution in [0.3, 0.4) is 0 Å². The summed E-state index contributed by atoms with van der Waals surface area (Å²) in [5.74, 6) is -0.404. The molecule has 1 rings (SSSR count). The second-order valence-electron chi connectivity index (χ2n) is 4.33. The summed E-state index contributed by atoms with van der Waals surface area (Å²) in [6.45, 7) is 4.40. The zero-order valence-electron chi connectivity index (χ0n) is 11.2. The number of rotatable bonds is 8. The number of anilines is 1. The van der Waals surface area contributed by atoms with Gasteiger partial charge in [-0.1, -0.05) is 24.9 Å². The van der Waals surface area contributed by atoms with Gasteiger partial charge in [-0.25, -0.2) is 4.79 Å². The maximum atomic E-state index is 11.7. The monoisotopic (exact) mass is 284 g/mol. The number of carbonyl (C=O) groups is 1. The van der Waals surface area contributed by atoms with Crippen molar-refractivity contribution >= 4 is 23.3 Å². The van der Waals surface area contributed by atoms with Crippen molar-refractivity contribution in [1.82, 2.24) is 5.32 Å². The van der Waals surface area contributed by atoms with Gasteiger partial charge in [-0.2, -0.15) is 0 Å². The molecule has 1 aromatic rings. The lowest BCUT2D eigenvalue weighted by atomic mass is 10.2. The second-order valence-corrected chi connectivity index (χ2v) is 4.74. The van der Waals surface area contributed by atoms with Crippen LogP contribution >= 0.6 is 11.6 Å². The molecule has 0 unspecified atom stereocenters. The minimum atomic E-state index is -0.404. The van der Waals surface area contributed by atoms with Crippen molar-refractivity contribution in [1.29, 1.82) is 0 Å². The van der Waals surface area contributed by atoms with E-state index in [1.165, 1.54) is 12.8 Å². The Bertz CT molecular complexity index is 410. The van der Waals surface area contributed by atoms with Gasteiger partial charge >= 0.3 is 5.97 Å². The fourth-order valence-corrected chi connectivity index (χ4v) is 1.83. The fourth-order valence-electron chi connectivity index (χ4n) is 1.56. The molecule has 0 aliphatic heterocycles. The number of esters is 1.